The van der Waals surface area contributed by atoms with Gasteiger partial charge in [-0.25, -0.2) is 4.79 Å². The highest BCUT2D eigenvalue weighted by Crippen LogP contribution is 2.29. The van der Waals surface area contributed by atoms with Crippen molar-refractivity contribution in [2.45, 2.75) is 63.7 Å². The van der Waals surface area contributed by atoms with E-state index in [2.05, 4.69) is 4.74 Å². The van der Waals surface area contributed by atoms with Crippen molar-refractivity contribution in [3.05, 3.63) is 35.9 Å². The molecule has 1 aliphatic rings. The Hall–Kier alpha value is -1.64. The fourth-order valence-electron chi connectivity index (χ4n) is 3.27. The van der Waals surface area contributed by atoms with Crippen LogP contribution >= 0.6 is 0 Å². The summed E-state index contributed by atoms with van der Waals surface area (Å²) in [6, 6.07) is 9.80. The standard InChI is InChI=1S/C20H27F3O5/c1-14(7-8-26-13-15-5-3-2-4-6-15)9-16-10-17(11-18(12-24)27-16)28-19(25)20(21,22)23/h2-6,14,16-18,24H,7-13H2,1H3/t14-,16+,17-,18+/m1/s1. The Morgan fingerprint density at radius 1 is 1.25 bits per heavy atom. The average Bonchev–Trinajstić information content (AvgIpc) is 2.65. The lowest BCUT2D eigenvalue weighted by molar-refractivity contribution is -0.213. The molecule has 1 aliphatic heterocycles. The van der Waals surface area contributed by atoms with Crippen molar-refractivity contribution in [2.75, 3.05) is 13.2 Å². The van der Waals surface area contributed by atoms with E-state index in [4.69, 9.17) is 9.47 Å². The molecule has 0 aromatic heterocycles. The van der Waals surface area contributed by atoms with Crippen LogP contribution in [0.3, 0.4) is 0 Å². The van der Waals surface area contributed by atoms with Gasteiger partial charge in [-0.15, -0.1) is 0 Å². The normalized spacial score (nSPS) is 24.0. The van der Waals surface area contributed by atoms with E-state index < -0.39 is 24.4 Å². The molecular formula is C20H27F3O5. The number of aliphatic hydroxyl groups is 1. The van der Waals surface area contributed by atoms with E-state index in [9.17, 15) is 23.1 Å². The second-order valence-corrected chi connectivity index (χ2v) is 7.23. The zero-order valence-electron chi connectivity index (χ0n) is 15.9. The smallest absolute Gasteiger partial charge is 0.456 e. The predicted octanol–water partition coefficient (Wildman–Crippen LogP) is 3.63. The van der Waals surface area contributed by atoms with E-state index in [-0.39, 0.29) is 31.5 Å². The van der Waals surface area contributed by atoms with Crippen LogP contribution in [0.4, 0.5) is 13.2 Å². The zero-order chi connectivity index (χ0) is 20.6. The SMILES string of the molecule is C[C@H](CCOCc1ccccc1)C[C@H]1C[C@@H](OC(=O)C(F)(F)F)C[C@@H](CO)O1. The number of aliphatic hydroxyl groups excluding tert-OH is 1. The molecule has 28 heavy (non-hydrogen) atoms. The topological polar surface area (TPSA) is 65.0 Å². The summed E-state index contributed by atoms with van der Waals surface area (Å²) in [6.45, 7) is 2.76. The van der Waals surface area contributed by atoms with Gasteiger partial charge in [-0.05, 0) is 24.3 Å². The maximum absolute atomic E-state index is 12.4. The third-order valence-electron chi connectivity index (χ3n) is 4.68. The van der Waals surface area contributed by atoms with Crippen molar-refractivity contribution in [3.63, 3.8) is 0 Å². The second-order valence-electron chi connectivity index (χ2n) is 7.23. The van der Waals surface area contributed by atoms with E-state index in [0.717, 1.165) is 12.0 Å². The van der Waals surface area contributed by atoms with Gasteiger partial charge in [-0.2, -0.15) is 13.2 Å². The first kappa shape index (κ1) is 22.6. The van der Waals surface area contributed by atoms with E-state index in [0.29, 0.717) is 19.6 Å². The predicted molar refractivity (Wildman–Crippen MR) is 95.4 cm³/mol. The van der Waals surface area contributed by atoms with Crippen LogP contribution < -0.4 is 0 Å². The van der Waals surface area contributed by atoms with Gasteiger partial charge in [0.1, 0.15) is 6.10 Å². The van der Waals surface area contributed by atoms with Gasteiger partial charge >= 0.3 is 12.1 Å². The summed E-state index contributed by atoms with van der Waals surface area (Å²) in [6.07, 6.45) is -5.34. The number of rotatable bonds is 9. The van der Waals surface area contributed by atoms with Gasteiger partial charge in [0.15, 0.2) is 0 Å². The molecule has 0 amide bonds. The van der Waals surface area contributed by atoms with Crippen LogP contribution in [-0.2, 0) is 25.6 Å². The maximum atomic E-state index is 12.4. The van der Waals surface area contributed by atoms with E-state index >= 15 is 0 Å². The maximum Gasteiger partial charge on any atom is 0.490 e. The first-order valence-electron chi connectivity index (χ1n) is 9.43. The summed E-state index contributed by atoms with van der Waals surface area (Å²) in [7, 11) is 0. The molecule has 4 atom stereocenters. The quantitative estimate of drug-likeness (QED) is 0.503. The molecule has 0 bridgehead atoms. The second kappa shape index (κ2) is 10.8. The number of halogens is 3. The van der Waals surface area contributed by atoms with Crippen LogP contribution in [0.15, 0.2) is 30.3 Å². The van der Waals surface area contributed by atoms with Crippen molar-refractivity contribution in [1.29, 1.82) is 0 Å². The van der Waals surface area contributed by atoms with Crippen LogP contribution in [0.25, 0.3) is 0 Å². The van der Waals surface area contributed by atoms with Crippen molar-refractivity contribution >= 4 is 5.97 Å². The molecule has 0 spiro atoms. The third kappa shape index (κ3) is 7.77. The number of ether oxygens (including phenoxy) is 3. The Morgan fingerprint density at radius 3 is 2.57 bits per heavy atom. The number of alkyl halides is 3. The van der Waals surface area contributed by atoms with E-state index in [1.807, 2.05) is 37.3 Å². The number of benzene rings is 1. The molecule has 158 valence electrons. The Labute approximate surface area is 162 Å². The highest BCUT2D eigenvalue weighted by Gasteiger charge is 2.43. The van der Waals surface area contributed by atoms with Gasteiger partial charge in [0.25, 0.3) is 0 Å². The Kier molecular flexibility index (Phi) is 8.72. The number of carbonyl (C=O) groups is 1. The molecule has 0 radical (unpaired) electrons. The highest BCUT2D eigenvalue weighted by atomic mass is 19.4. The van der Waals surface area contributed by atoms with Crippen molar-refractivity contribution < 1.29 is 37.3 Å². The molecule has 0 saturated carbocycles. The summed E-state index contributed by atoms with van der Waals surface area (Å²) >= 11 is 0. The Balaban J connectivity index is 1.75. The van der Waals surface area contributed by atoms with Crippen molar-refractivity contribution in [1.82, 2.24) is 0 Å². The first-order chi connectivity index (χ1) is 13.3. The molecule has 1 aromatic rings. The molecule has 1 heterocycles. The highest BCUT2D eigenvalue weighted by molar-refractivity contribution is 5.75. The minimum Gasteiger partial charge on any atom is -0.456 e. The van der Waals surface area contributed by atoms with Crippen LogP contribution in [-0.4, -0.2) is 48.8 Å². The minimum absolute atomic E-state index is 0.0589. The monoisotopic (exact) mass is 404 g/mol. The van der Waals surface area contributed by atoms with Crippen LogP contribution in [0.1, 0.15) is 38.2 Å². The molecular weight excluding hydrogens is 377 g/mol. The molecule has 2 rings (SSSR count). The zero-order valence-corrected chi connectivity index (χ0v) is 15.9. The van der Waals surface area contributed by atoms with Gasteiger partial charge < -0.3 is 19.3 Å². The van der Waals surface area contributed by atoms with Crippen LogP contribution in [0.2, 0.25) is 0 Å². The van der Waals surface area contributed by atoms with E-state index in [1.54, 1.807) is 0 Å². The van der Waals surface area contributed by atoms with Crippen LogP contribution in [0, 0.1) is 5.92 Å². The minimum atomic E-state index is -5.02. The number of hydrogen-bond donors (Lipinski definition) is 1. The lowest BCUT2D eigenvalue weighted by atomic mass is 9.93. The van der Waals surface area contributed by atoms with Crippen molar-refractivity contribution in [3.8, 4) is 0 Å². The summed E-state index contributed by atoms with van der Waals surface area (Å²) in [5.74, 6) is -1.99. The molecule has 1 N–H and O–H groups in total. The molecule has 5 nitrogen and oxygen atoms in total. The van der Waals surface area contributed by atoms with Gasteiger partial charge in [-0.3, -0.25) is 0 Å². The number of esters is 1. The largest absolute Gasteiger partial charge is 0.490 e. The van der Waals surface area contributed by atoms with Gasteiger partial charge in [0, 0.05) is 19.4 Å². The summed E-state index contributed by atoms with van der Waals surface area (Å²) in [4.78, 5) is 11.1. The fourth-order valence-corrected chi connectivity index (χ4v) is 3.27. The lowest BCUT2D eigenvalue weighted by Crippen LogP contribution is -2.42. The molecule has 0 aliphatic carbocycles. The first-order valence-corrected chi connectivity index (χ1v) is 9.43. The third-order valence-corrected chi connectivity index (χ3v) is 4.68. The van der Waals surface area contributed by atoms with Gasteiger partial charge in [-0.1, -0.05) is 37.3 Å². The van der Waals surface area contributed by atoms with Crippen LogP contribution in [0.5, 0.6) is 0 Å². The molecule has 1 aromatic carbocycles. The average molecular weight is 404 g/mol. The fraction of sp³-hybridized carbons (Fsp3) is 0.650. The summed E-state index contributed by atoms with van der Waals surface area (Å²) in [5.41, 5.74) is 1.09. The lowest BCUT2D eigenvalue weighted by Gasteiger charge is -2.35. The Bertz CT molecular complexity index is 593. The van der Waals surface area contributed by atoms with Crippen molar-refractivity contribution in [2.24, 2.45) is 5.92 Å². The number of hydrogen-bond acceptors (Lipinski definition) is 5. The summed E-state index contributed by atoms with van der Waals surface area (Å²) in [5, 5.41) is 9.33. The van der Waals surface area contributed by atoms with Gasteiger partial charge in [0.05, 0.1) is 25.4 Å². The van der Waals surface area contributed by atoms with Gasteiger partial charge in [0.2, 0.25) is 0 Å². The summed E-state index contributed by atoms with van der Waals surface area (Å²) < 4.78 is 53.2. The number of carbonyl (C=O) groups excluding carboxylic acids is 1. The molecule has 1 fully saturated rings. The molecule has 0 unspecified atom stereocenters. The molecule has 8 heteroatoms. The Morgan fingerprint density at radius 2 is 1.93 bits per heavy atom. The van der Waals surface area contributed by atoms with E-state index in [1.165, 1.54) is 0 Å². The molecule has 1 saturated heterocycles.